The van der Waals surface area contributed by atoms with Gasteiger partial charge in [0.1, 0.15) is 6.04 Å². The maximum Gasteiger partial charge on any atom is 0.243 e. The van der Waals surface area contributed by atoms with Crippen molar-refractivity contribution in [2.45, 2.75) is 65.5 Å². The molecule has 0 aromatic heterocycles. The minimum absolute atomic E-state index is 0.0643. The number of carbonyl (C=O) groups excluding carboxylic acids is 2. The number of halogens is 1. The minimum Gasteiger partial charge on any atom is -0.354 e. The molecule has 0 spiro atoms. The Kier molecular flexibility index (Phi) is 12.4. The Hall–Kier alpha value is -3.36. The van der Waals surface area contributed by atoms with Gasteiger partial charge in [0, 0.05) is 37.5 Å². The number of hydrogen-bond donors (Lipinski definition) is 1. The van der Waals surface area contributed by atoms with E-state index in [0.29, 0.717) is 23.7 Å². The van der Waals surface area contributed by atoms with Crippen LogP contribution >= 0.6 is 11.6 Å². The van der Waals surface area contributed by atoms with Crippen LogP contribution in [0.15, 0.2) is 72.8 Å². The summed E-state index contributed by atoms with van der Waals surface area (Å²) in [4.78, 5) is 29.1. The predicted octanol–water partition coefficient (Wildman–Crippen LogP) is 6.06. The normalized spacial score (nSPS) is 12.0. The van der Waals surface area contributed by atoms with Crippen LogP contribution in [0.1, 0.15) is 54.9 Å². The molecule has 42 heavy (non-hydrogen) atoms. The van der Waals surface area contributed by atoms with E-state index in [1.807, 2.05) is 80.6 Å². The molecule has 0 fully saturated rings. The number of benzene rings is 3. The van der Waals surface area contributed by atoms with Crippen molar-refractivity contribution in [3.05, 3.63) is 100 Å². The number of anilines is 1. The predicted molar refractivity (Wildman–Crippen MR) is 171 cm³/mol. The van der Waals surface area contributed by atoms with Crippen LogP contribution in [0.4, 0.5) is 5.69 Å². The fourth-order valence-corrected chi connectivity index (χ4v) is 6.11. The van der Waals surface area contributed by atoms with Crippen LogP contribution < -0.4 is 9.62 Å². The van der Waals surface area contributed by atoms with Gasteiger partial charge in [-0.2, -0.15) is 0 Å². The van der Waals surface area contributed by atoms with Crippen LogP contribution in [0, 0.1) is 13.8 Å². The lowest BCUT2D eigenvalue weighted by atomic mass is 10.0. The first kappa shape index (κ1) is 33.1. The molecule has 0 radical (unpaired) electrons. The zero-order valence-corrected chi connectivity index (χ0v) is 26.5. The maximum absolute atomic E-state index is 13.9. The van der Waals surface area contributed by atoms with E-state index in [1.54, 1.807) is 11.0 Å². The SMILES string of the molecule is CCCCNC(=O)C(Cc1ccccc1)N(Cc1ccccc1Cl)C(=O)CCCN(c1cc(C)cc(C)c1)S(C)(=O)=O. The Bertz CT molecular complexity index is 1430. The highest BCUT2D eigenvalue weighted by Crippen LogP contribution is 2.24. The number of rotatable bonds is 15. The van der Waals surface area contributed by atoms with Gasteiger partial charge in [-0.1, -0.05) is 79.5 Å². The molecule has 0 aliphatic carbocycles. The van der Waals surface area contributed by atoms with Crippen molar-refractivity contribution in [1.82, 2.24) is 10.2 Å². The van der Waals surface area contributed by atoms with Crippen molar-refractivity contribution in [2.24, 2.45) is 0 Å². The Balaban J connectivity index is 1.89. The first-order valence-corrected chi connectivity index (χ1v) is 16.6. The molecule has 1 unspecified atom stereocenters. The van der Waals surface area contributed by atoms with Crippen molar-refractivity contribution in [3.63, 3.8) is 0 Å². The first-order valence-electron chi connectivity index (χ1n) is 14.4. The van der Waals surface area contributed by atoms with Crippen molar-refractivity contribution in [1.29, 1.82) is 0 Å². The molecule has 2 amide bonds. The summed E-state index contributed by atoms with van der Waals surface area (Å²) in [6.45, 7) is 6.72. The minimum atomic E-state index is -3.58. The zero-order valence-electron chi connectivity index (χ0n) is 25.0. The Labute approximate surface area is 255 Å². The van der Waals surface area contributed by atoms with Crippen LogP contribution in [0.2, 0.25) is 5.02 Å². The van der Waals surface area contributed by atoms with Gasteiger partial charge in [0.2, 0.25) is 21.8 Å². The highest BCUT2D eigenvalue weighted by molar-refractivity contribution is 7.92. The van der Waals surface area contributed by atoms with E-state index in [0.717, 1.165) is 35.1 Å². The van der Waals surface area contributed by atoms with Gasteiger partial charge in [0.05, 0.1) is 11.9 Å². The molecule has 0 aliphatic heterocycles. The molecule has 3 aromatic rings. The molecule has 0 aliphatic rings. The second-order valence-corrected chi connectivity index (χ2v) is 13.1. The summed E-state index contributed by atoms with van der Waals surface area (Å²) in [5, 5.41) is 3.52. The van der Waals surface area contributed by atoms with Crippen molar-refractivity contribution in [3.8, 4) is 0 Å². The topological polar surface area (TPSA) is 86.8 Å². The van der Waals surface area contributed by atoms with Gasteiger partial charge in [-0.15, -0.1) is 0 Å². The monoisotopic (exact) mass is 611 g/mol. The van der Waals surface area contributed by atoms with Gasteiger partial charge >= 0.3 is 0 Å². The van der Waals surface area contributed by atoms with Crippen molar-refractivity contribution in [2.75, 3.05) is 23.7 Å². The summed E-state index contributed by atoms with van der Waals surface area (Å²) in [6.07, 6.45) is 3.63. The molecule has 7 nitrogen and oxygen atoms in total. The average Bonchev–Trinajstić information content (AvgIpc) is 2.93. The summed E-state index contributed by atoms with van der Waals surface area (Å²) >= 11 is 6.50. The largest absolute Gasteiger partial charge is 0.354 e. The van der Waals surface area contributed by atoms with Gasteiger partial charge < -0.3 is 10.2 Å². The lowest BCUT2D eigenvalue weighted by Gasteiger charge is -2.32. The van der Waals surface area contributed by atoms with Crippen LogP contribution in [-0.2, 0) is 32.6 Å². The zero-order chi connectivity index (χ0) is 30.7. The standard InChI is InChI=1S/C33H42ClN3O4S/c1-5-6-18-35-33(39)31(23-27-13-8-7-9-14-27)36(24-28-15-10-11-16-30(28)34)32(38)17-12-19-37(42(4,40)41)29-21-25(2)20-26(3)22-29/h7-11,13-16,20-22,31H,5-6,12,17-19,23-24H2,1-4H3,(H,35,39). The summed E-state index contributed by atoms with van der Waals surface area (Å²) in [5.41, 5.74) is 4.16. The van der Waals surface area contributed by atoms with Crippen molar-refractivity contribution >= 4 is 39.1 Å². The second kappa shape index (κ2) is 15.8. The molecular weight excluding hydrogens is 570 g/mol. The fraction of sp³-hybridized carbons (Fsp3) is 0.394. The number of hydrogen-bond acceptors (Lipinski definition) is 4. The van der Waals surface area contributed by atoms with Crippen LogP contribution in [0.25, 0.3) is 0 Å². The summed E-state index contributed by atoms with van der Waals surface area (Å²) < 4.78 is 26.8. The number of unbranched alkanes of at least 4 members (excludes halogenated alkanes) is 1. The van der Waals surface area contributed by atoms with E-state index in [1.165, 1.54) is 10.6 Å². The lowest BCUT2D eigenvalue weighted by molar-refractivity contribution is -0.141. The number of carbonyl (C=O) groups is 2. The molecule has 0 heterocycles. The quantitative estimate of drug-likeness (QED) is 0.212. The molecule has 1 N–H and O–H groups in total. The Morgan fingerprint density at radius 2 is 1.57 bits per heavy atom. The van der Waals surface area contributed by atoms with Crippen LogP contribution in [0.3, 0.4) is 0 Å². The van der Waals surface area contributed by atoms with Gasteiger partial charge in [0.15, 0.2) is 0 Å². The number of aryl methyl sites for hydroxylation is 2. The van der Waals surface area contributed by atoms with Gasteiger partial charge in [-0.05, 0) is 67.1 Å². The molecule has 9 heteroatoms. The molecule has 1 atom stereocenters. The van der Waals surface area contributed by atoms with E-state index in [-0.39, 0.29) is 37.7 Å². The van der Waals surface area contributed by atoms with Gasteiger partial charge in [0.25, 0.3) is 0 Å². The van der Waals surface area contributed by atoms with E-state index < -0.39 is 16.1 Å². The van der Waals surface area contributed by atoms with Crippen LogP contribution in [0.5, 0.6) is 0 Å². The van der Waals surface area contributed by atoms with Crippen LogP contribution in [-0.4, -0.2) is 50.5 Å². The number of amides is 2. The first-order chi connectivity index (χ1) is 20.0. The highest BCUT2D eigenvalue weighted by Gasteiger charge is 2.31. The van der Waals surface area contributed by atoms with Gasteiger partial charge in [-0.3, -0.25) is 13.9 Å². The third kappa shape index (κ3) is 9.88. The highest BCUT2D eigenvalue weighted by atomic mass is 35.5. The second-order valence-electron chi connectivity index (χ2n) is 10.7. The Morgan fingerprint density at radius 1 is 0.929 bits per heavy atom. The van der Waals surface area contributed by atoms with E-state index >= 15 is 0 Å². The van der Waals surface area contributed by atoms with E-state index in [9.17, 15) is 18.0 Å². The maximum atomic E-state index is 13.9. The smallest absolute Gasteiger partial charge is 0.243 e. The lowest BCUT2D eigenvalue weighted by Crippen LogP contribution is -2.50. The van der Waals surface area contributed by atoms with E-state index in [2.05, 4.69) is 12.2 Å². The molecule has 0 bridgehead atoms. The average molecular weight is 612 g/mol. The van der Waals surface area contributed by atoms with Gasteiger partial charge in [-0.25, -0.2) is 8.42 Å². The number of nitrogens with zero attached hydrogens (tertiary/aromatic N) is 2. The molecule has 226 valence electrons. The molecule has 0 saturated carbocycles. The Morgan fingerprint density at radius 3 is 2.19 bits per heavy atom. The third-order valence-electron chi connectivity index (χ3n) is 7.05. The fourth-order valence-electron chi connectivity index (χ4n) is 4.97. The summed E-state index contributed by atoms with van der Waals surface area (Å²) in [7, 11) is -3.58. The summed E-state index contributed by atoms with van der Waals surface area (Å²) in [5.74, 6) is -0.462. The molecule has 3 rings (SSSR count). The third-order valence-corrected chi connectivity index (χ3v) is 8.61. The van der Waals surface area contributed by atoms with Crippen molar-refractivity contribution < 1.29 is 18.0 Å². The number of nitrogens with one attached hydrogen (secondary N) is 1. The number of sulfonamides is 1. The van der Waals surface area contributed by atoms with E-state index in [4.69, 9.17) is 11.6 Å². The molecule has 3 aromatic carbocycles. The molecular formula is C33H42ClN3O4S. The summed E-state index contributed by atoms with van der Waals surface area (Å²) in [6, 6.07) is 21.8. The molecule has 0 saturated heterocycles.